The van der Waals surface area contributed by atoms with E-state index in [1.54, 1.807) is 36.5 Å². The molecule has 1 aromatic carbocycles. The van der Waals surface area contributed by atoms with Gasteiger partial charge in [0.05, 0.1) is 10.6 Å². The molecule has 0 radical (unpaired) electrons. The highest BCUT2D eigenvalue weighted by molar-refractivity contribution is 6.33. The Morgan fingerprint density at radius 3 is 2.75 bits per heavy atom. The molecule has 3 N–H and O–H groups in total. The van der Waals surface area contributed by atoms with Gasteiger partial charge in [-0.15, -0.1) is 0 Å². The van der Waals surface area contributed by atoms with Gasteiger partial charge in [-0.25, -0.2) is 4.98 Å². The second-order valence-electron chi connectivity index (χ2n) is 4.46. The topological polar surface area (TPSA) is 71.2 Å². The van der Waals surface area contributed by atoms with Gasteiger partial charge in [-0.2, -0.15) is 0 Å². The quantitative estimate of drug-likeness (QED) is 0.853. The second-order valence-corrected chi connectivity index (χ2v) is 4.87. The predicted octanol–water partition coefficient (Wildman–Crippen LogP) is 2.64. The van der Waals surface area contributed by atoms with Crippen molar-refractivity contribution < 1.29 is 4.79 Å². The lowest BCUT2D eigenvalue weighted by atomic mass is 10.1. The largest absolute Gasteiger partial charge is 0.399 e. The van der Waals surface area contributed by atoms with Gasteiger partial charge in [0, 0.05) is 31.7 Å². The summed E-state index contributed by atoms with van der Waals surface area (Å²) in [6, 6.07) is 8.53. The van der Waals surface area contributed by atoms with Gasteiger partial charge >= 0.3 is 0 Å². The monoisotopic (exact) mass is 290 g/mol. The third-order valence-electron chi connectivity index (χ3n) is 2.74. The van der Waals surface area contributed by atoms with Crippen molar-refractivity contribution in [3.8, 4) is 0 Å². The van der Waals surface area contributed by atoms with Gasteiger partial charge in [-0.3, -0.25) is 4.79 Å². The summed E-state index contributed by atoms with van der Waals surface area (Å²) in [6.07, 6.45) is 1.56. The molecule has 0 atom stereocenters. The molecule has 0 aliphatic rings. The van der Waals surface area contributed by atoms with Crippen molar-refractivity contribution in [3.05, 3.63) is 47.1 Å². The normalized spacial score (nSPS) is 10.2. The van der Waals surface area contributed by atoms with Crippen molar-refractivity contribution >= 4 is 34.7 Å². The molecule has 1 aromatic heterocycles. The van der Waals surface area contributed by atoms with Gasteiger partial charge in [0.15, 0.2) is 5.82 Å². The fourth-order valence-electron chi connectivity index (χ4n) is 1.78. The van der Waals surface area contributed by atoms with Crippen molar-refractivity contribution in [1.82, 2.24) is 4.98 Å². The number of nitrogen functional groups attached to an aromatic ring is 1. The van der Waals surface area contributed by atoms with E-state index in [0.29, 0.717) is 22.1 Å². The highest BCUT2D eigenvalue weighted by atomic mass is 35.5. The molecule has 104 valence electrons. The van der Waals surface area contributed by atoms with E-state index in [4.69, 9.17) is 17.3 Å². The Kier molecular flexibility index (Phi) is 4.10. The summed E-state index contributed by atoms with van der Waals surface area (Å²) in [5, 5.41) is 3.07. The standard InChI is InChI=1S/C14H15ClN4O/c1-19(2)12-6-5-9(16)8-10(12)14(20)18-13-11(15)4-3-7-17-13/h3-8H,16H2,1-2H3,(H,17,18,20). The van der Waals surface area contributed by atoms with Crippen LogP contribution in [0.1, 0.15) is 10.4 Å². The molecular weight excluding hydrogens is 276 g/mol. The summed E-state index contributed by atoms with van der Waals surface area (Å²) in [5.74, 6) is 0.0212. The molecule has 2 aromatic rings. The molecule has 20 heavy (non-hydrogen) atoms. The van der Waals surface area contributed by atoms with E-state index in [1.807, 2.05) is 19.0 Å². The molecule has 0 spiro atoms. The van der Waals surface area contributed by atoms with Crippen molar-refractivity contribution in [3.63, 3.8) is 0 Å². The van der Waals surface area contributed by atoms with Crippen LogP contribution in [0.15, 0.2) is 36.5 Å². The maximum atomic E-state index is 12.4. The molecule has 0 aliphatic heterocycles. The Morgan fingerprint density at radius 1 is 1.35 bits per heavy atom. The first-order valence-corrected chi connectivity index (χ1v) is 6.35. The maximum Gasteiger partial charge on any atom is 0.259 e. The highest BCUT2D eigenvalue weighted by Gasteiger charge is 2.15. The molecule has 0 unspecified atom stereocenters. The van der Waals surface area contributed by atoms with Crippen molar-refractivity contribution in [1.29, 1.82) is 0 Å². The van der Waals surface area contributed by atoms with Gasteiger partial charge in [0.2, 0.25) is 0 Å². The summed E-state index contributed by atoms with van der Waals surface area (Å²) in [6.45, 7) is 0. The number of nitrogens with zero attached hydrogens (tertiary/aromatic N) is 2. The lowest BCUT2D eigenvalue weighted by molar-refractivity contribution is 0.102. The average molecular weight is 291 g/mol. The predicted molar refractivity (Wildman–Crippen MR) is 82.4 cm³/mol. The van der Waals surface area contributed by atoms with E-state index >= 15 is 0 Å². The van der Waals surface area contributed by atoms with Gasteiger partial charge in [0.1, 0.15) is 0 Å². The molecule has 6 heteroatoms. The second kappa shape index (κ2) is 5.79. The molecule has 0 aliphatic carbocycles. The fourth-order valence-corrected chi connectivity index (χ4v) is 1.95. The number of nitrogens with two attached hydrogens (primary N) is 1. The summed E-state index contributed by atoms with van der Waals surface area (Å²) in [4.78, 5) is 18.2. The van der Waals surface area contributed by atoms with Gasteiger partial charge in [-0.05, 0) is 30.3 Å². The number of rotatable bonds is 3. The number of halogens is 1. The maximum absolute atomic E-state index is 12.4. The number of carbonyl (C=O) groups is 1. The minimum atomic E-state index is -0.304. The number of hydrogen-bond acceptors (Lipinski definition) is 4. The van der Waals surface area contributed by atoms with E-state index in [1.165, 1.54) is 0 Å². The van der Waals surface area contributed by atoms with E-state index in [-0.39, 0.29) is 5.91 Å². The van der Waals surface area contributed by atoms with Crippen LogP contribution in [0, 0.1) is 0 Å². The molecule has 1 amide bonds. The van der Waals surface area contributed by atoms with E-state index in [2.05, 4.69) is 10.3 Å². The first-order chi connectivity index (χ1) is 9.49. The molecule has 2 rings (SSSR count). The van der Waals surface area contributed by atoms with Crippen LogP contribution in [0.3, 0.4) is 0 Å². The average Bonchev–Trinajstić information content (AvgIpc) is 2.40. The van der Waals surface area contributed by atoms with Crippen LogP contribution in [-0.4, -0.2) is 25.0 Å². The number of pyridine rings is 1. The number of aromatic nitrogens is 1. The summed E-state index contributed by atoms with van der Waals surface area (Å²) >= 11 is 5.98. The first kappa shape index (κ1) is 14.1. The molecule has 0 bridgehead atoms. The highest BCUT2D eigenvalue weighted by Crippen LogP contribution is 2.24. The zero-order chi connectivity index (χ0) is 14.7. The number of amides is 1. The lowest BCUT2D eigenvalue weighted by Gasteiger charge is -2.17. The van der Waals surface area contributed by atoms with E-state index in [9.17, 15) is 4.79 Å². The van der Waals surface area contributed by atoms with Crippen LogP contribution in [0.2, 0.25) is 5.02 Å². The van der Waals surface area contributed by atoms with E-state index in [0.717, 1.165) is 5.69 Å². The number of benzene rings is 1. The summed E-state index contributed by atoms with van der Waals surface area (Å²) in [5.41, 5.74) is 7.51. The van der Waals surface area contributed by atoms with Gasteiger partial charge in [-0.1, -0.05) is 11.6 Å². The molecule has 5 nitrogen and oxygen atoms in total. The van der Waals surface area contributed by atoms with Crippen LogP contribution >= 0.6 is 11.6 Å². The third kappa shape index (κ3) is 3.00. The van der Waals surface area contributed by atoms with Gasteiger partial charge in [0.25, 0.3) is 5.91 Å². The van der Waals surface area contributed by atoms with Crippen molar-refractivity contribution in [2.75, 3.05) is 30.0 Å². The lowest BCUT2D eigenvalue weighted by Crippen LogP contribution is -2.19. The molecule has 1 heterocycles. The van der Waals surface area contributed by atoms with Crippen LogP contribution in [-0.2, 0) is 0 Å². The van der Waals surface area contributed by atoms with Crippen LogP contribution in [0.25, 0.3) is 0 Å². The van der Waals surface area contributed by atoms with Crippen LogP contribution in [0.4, 0.5) is 17.2 Å². The summed E-state index contributed by atoms with van der Waals surface area (Å²) in [7, 11) is 3.71. The Hall–Kier alpha value is -2.27. The fraction of sp³-hybridized carbons (Fsp3) is 0.143. The number of carbonyl (C=O) groups excluding carboxylic acids is 1. The third-order valence-corrected chi connectivity index (χ3v) is 3.04. The van der Waals surface area contributed by atoms with Crippen LogP contribution in [0.5, 0.6) is 0 Å². The Balaban J connectivity index is 2.34. The van der Waals surface area contributed by atoms with Crippen molar-refractivity contribution in [2.24, 2.45) is 0 Å². The molecular formula is C14H15ClN4O. The smallest absolute Gasteiger partial charge is 0.259 e. The Bertz CT molecular complexity index is 643. The number of anilines is 3. The molecule has 0 saturated carbocycles. The molecule has 0 fully saturated rings. The first-order valence-electron chi connectivity index (χ1n) is 5.97. The zero-order valence-electron chi connectivity index (χ0n) is 11.2. The zero-order valence-corrected chi connectivity index (χ0v) is 12.0. The number of nitrogens with one attached hydrogen (secondary N) is 1. The Labute approximate surface area is 122 Å². The van der Waals surface area contributed by atoms with Gasteiger partial charge < -0.3 is 16.0 Å². The minimum absolute atomic E-state index is 0.304. The minimum Gasteiger partial charge on any atom is -0.399 e. The summed E-state index contributed by atoms with van der Waals surface area (Å²) < 4.78 is 0. The SMILES string of the molecule is CN(C)c1ccc(N)cc1C(=O)Nc1ncccc1Cl. The van der Waals surface area contributed by atoms with Crippen molar-refractivity contribution in [2.45, 2.75) is 0 Å². The molecule has 0 saturated heterocycles. The number of hydrogen-bond donors (Lipinski definition) is 2. The van der Waals surface area contributed by atoms with E-state index < -0.39 is 0 Å². The van der Waals surface area contributed by atoms with Crippen LogP contribution < -0.4 is 16.0 Å². The Morgan fingerprint density at radius 2 is 2.10 bits per heavy atom.